The number of halogens is 2. The minimum Gasteiger partial charge on any atom is -0.345 e. The van der Waals surface area contributed by atoms with Gasteiger partial charge in [0, 0.05) is 11.4 Å². The predicted octanol–water partition coefficient (Wildman–Crippen LogP) is 5.39. The standard InChI is InChI=1S/C19H27Cl2NO2/c1-12(2)8-13(19(3,4)5)9-15(23)11-22-18(24)16-10-14(20)6-7-17(16)21/h6-7,10,12-13H,8-9,11H2,1-5H3,(H,22,24)/t13-/m1/s1. The van der Waals surface area contributed by atoms with E-state index in [0.29, 0.717) is 22.4 Å². The molecule has 0 unspecified atom stereocenters. The number of amides is 1. The van der Waals surface area contributed by atoms with Crippen molar-refractivity contribution >= 4 is 34.9 Å². The Labute approximate surface area is 155 Å². The van der Waals surface area contributed by atoms with Crippen molar-refractivity contribution in [2.75, 3.05) is 6.54 Å². The topological polar surface area (TPSA) is 46.2 Å². The first-order chi connectivity index (χ1) is 11.0. The summed E-state index contributed by atoms with van der Waals surface area (Å²) in [7, 11) is 0. The number of benzene rings is 1. The third kappa shape index (κ3) is 6.82. The fraction of sp³-hybridized carbons (Fsp3) is 0.579. The molecule has 1 rings (SSSR count). The molecular formula is C19H27Cl2NO2. The quantitative estimate of drug-likeness (QED) is 0.697. The Bertz CT molecular complexity index is 592. The predicted molar refractivity (Wildman–Crippen MR) is 101 cm³/mol. The lowest BCUT2D eigenvalue weighted by atomic mass is 9.74. The third-order valence-electron chi connectivity index (χ3n) is 4.07. The normalized spacial score (nSPS) is 13.0. The summed E-state index contributed by atoms with van der Waals surface area (Å²) >= 11 is 11.9. The summed E-state index contributed by atoms with van der Waals surface area (Å²) in [6, 6.07) is 4.69. The molecular weight excluding hydrogens is 345 g/mol. The van der Waals surface area contributed by atoms with Gasteiger partial charge in [-0.15, -0.1) is 0 Å². The van der Waals surface area contributed by atoms with Crippen molar-refractivity contribution in [2.24, 2.45) is 17.3 Å². The number of hydrogen-bond acceptors (Lipinski definition) is 2. The first-order valence-electron chi connectivity index (χ1n) is 8.25. The van der Waals surface area contributed by atoms with Gasteiger partial charge in [-0.05, 0) is 41.9 Å². The van der Waals surface area contributed by atoms with E-state index in [4.69, 9.17) is 23.2 Å². The Morgan fingerprint density at radius 3 is 2.33 bits per heavy atom. The van der Waals surface area contributed by atoms with Gasteiger partial charge in [0.2, 0.25) is 0 Å². The second-order valence-electron chi connectivity index (χ2n) is 7.74. The summed E-state index contributed by atoms with van der Waals surface area (Å²) in [5.74, 6) is 0.465. The van der Waals surface area contributed by atoms with Crippen molar-refractivity contribution in [1.29, 1.82) is 0 Å². The molecule has 0 bridgehead atoms. The van der Waals surface area contributed by atoms with E-state index in [1.165, 1.54) is 6.07 Å². The number of ketones is 1. The first-order valence-corrected chi connectivity index (χ1v) is 9.01. The number of rotatable bonds is 7. The Balaban J connectivity index is 2.64. The highest BCUT2D eigenvalue weighted by molar-refractivity contribution is 6.35. The summed E-state index contributed by atoms with van der Waals surface area (Å²) < 4.78 is 0. The minimum absolute atomic E-state index is 0.00630. The van der Waals surface area contributed by atoms with E-state index < -0.39 is 0 Å². The smallest absolute Gasteiger partial charge is 0.253 e. The molecule has 0 aliphatic heterocycles. The van der Waals surface area contributed by atoms with E-state index >= 15 is 0 Å². The molecule has 0 radical (unpaired) electrons. The zero-order chi connectivity index (χ0) is 18.5. The van der Waals surface area contributed by atoms with Gasteiger partial charge < -0.3 is 5.32 Å². The second kappa shape index (κ2) is 8.87. The van der Waals surface area contributed by atoms with Crippen LogP contribution in [0.4, 0.5) is 0 Å². The molecule has 1 N–H and O–H groups in total. The molecule has 0 saturated carbocycles. The van der Waals surface area contributed by atoms with Gasteiger partial charge in [0.1, 0.15) is 0 Å². The monoisotopic (exact) mass is 371 g/mol. The number of nitrogens with one attached hydrogen (secondary N) is 1. The van der Waals surface area contributed by atoms with Crippen LogP contribution >= 0.6 is 23.2 Å². The van der Waals surface area contributed by atoms with Crippen LogP contribution in [-0.2, 0) is 4.79 Å². The third-order valence-corrected chi connectivity index (χ3v) is 4.64. The summed E-state index contributed by atoms with van der Waals surface area (Å²) in [5.41, 5.74) is 0.340. The van der Waals surface area contributed by atoms with Crippen LogP contribution in [0.15, 0.2) is 18.2 Å². The molecule has 1 amide bonds. The van der Waals surface area contributed by atoms with Crippen LogP contribution in [0.3, 0.4) is 0 Å². The SMILES string of the molecule is CC(C)C[C@H](CC(=O)CNC(=O)c1cc(Cl)ccc1Cl)C(C)(C)C. The van der Waals surface area contributed by atoms with Gasteiger partial charge in [-0.25, -0.2) is 0 Å². The highest BCUT2D eigenvalue weighted by Gasteiger charge is 2.27. The molecule has 24 heavy (non-hydrogen) atoms. The van der Waals surface area contributed by atoms with Crippen LogP contribution in [0.2, 0.25) is 10.0 Å². The maximum absolute atomic E-state index is 12.3. The lowest BCUT2D eigenvalue weighted by molar-refractivity contribution is -0.120. The van der Waals surface area contributed by atoms with Gasteiger partial charge in [-0.1, -0.05) is 57.8 Å². The molecule has 0 saturated heterocycles. The molecule has 0 aromatic heterocycles. The van der Waals surface area contributed by atoms with Gasteiger partial charge in [0.25, 0.3) is 5.91 Å². The van der Waals surface area contributed by atoms with E-state index in [1.807, 2.05) is 0 Å². The average molecular weight is 372 g/mol. The zero-order valence-electron chi connectivity index (χ0n) is 15.1. The number of carbonyl (C=O) groups excluding carboxylic acids is 2. The maximum atomic E-state index is 12.3. The fourth-order valence-corrected chi connectivity index (χ4v) is 2.98. The van der Waals surface area contributed by atoms with E-state index in [0.717, 1.165) is 6.42 Å². The van der Waals surface area contributed by atoms with Crippen molar-refractivity contribution in [3.8, 4) is 0 Å². The van der Waals surface area contributed by atoms with Crippen molar-refractivity contribution in [3.05, 3.63) is 33.8 Å². The molecule has 1 atom stereocenters. The van der Waals surface area contributed by atoms with Crippen LogP contribution < -0.4 is 5.32 Å². The molecule has 0 aliphatic carbocycles. The highest BCUT2D eigenvalue weighted by atomic mass is 35.5. The van der Waals surface area contributed by atoms with Gasteiger partial charge in [-0.2, -0.15) is 0 Å². The van der Waals surface area contributed by atoms with Crippen molar-refractivity contribution in [2.45, 2.75) is 47.5 Å². The summed E-state index contributed by atoms with van der Waals surface area (Å²) in [6.45, 7) is 10.8. The summed E-state index contributed by atoms with van der Waals surface area (Å²) in [6.07, 6.45) is 1.45. The minimum atomic E-state index is -0.382. The van der Waals surface area contributed by atoms with Crippen LogP contribution in [0, 0.1) is 17.3 Å². The highest BCUT2D eigenvalue weighted by Crippen LogP contribution is 2.34. The van der Waals surface area contributed by atoms with Gasteiger partial charge in [-0.3, -0.25) is 9.59 Å². The van der Waals surface area contributed by atoms with E-state index in [1.54, 1.807) is 12.1 Å². The van der Waals surface area contributed by atoms with E-state index in [2.05, 4.69) is 39.9 Å². The number of Topliss-reactive ketones (excluding diaryl/α,β-unsaturated/α-hetero) is 1. The Morgan fingerprint density at radius 2 is 1.79 bits per heavy atom. The van der Waals surface area contributed by atoms with Crippen molar-refractivity contribution in [3.63, 3.8) is 0 Å². The molecule has 3 nitrogen and oxygen atoms in total. The fourth-order valence-electron chi connectivity index (χ4n) is 2.60. The molecule has 5 heteroatoms. The molecule has 0 aliphatic rings. The molecule has 0 spiro atoms. The van der Waals surface area contributed by atoms with Crippen LogP contribution in [0.5, 0.6) is 0 Å². The lowest BCUT2D eigenvalue weighted by Gasteiger charge is -2.31. The molecule has 0 fully saturated rings. The second-order valence-corrected chi connectivity index (χ2v) is 8.59. The van der Waals surface area contributed by atoms with Crippen molar-refractivity contribution in [1.82, 2.24) is 5.32 Å². The number of hydrogen-bond donors (Lipinski definition) is 1. The van der Waals surface area contributed by atoms with Gasteiger partial charge in [0.15, 0.2) is 5.78 Å². The van der Waals surface area contributed by atoms with Gasteiger partial charge in [0.05, 0.1) is 17.1 Å². The number of carbonyl (C=O) groups is 2. The Morgan fingerprint density at radius 1 is 1.17 bits per heavy atom. The lowest BCUT2D eigenvalue weighted by Crippen LogP contribution is -2.33. The van der Waals surface area contributed by atoms with Gasteiger partial charge >= 0.3 is 0 Å². The summed E-state index contributed by atoms with van der Waals surface area (Å²) in [5, 5.41) is 3.39. The zero-order valence-corrected chi connectivity index (χ0v) is 16.6. The average Bonchev–Trinajstić information content (AvgIpc) is 2.45. The molecule has 1 aromatic carbocycles. The van der Waals surface area contributed by atoms with E-state index in [9.17, 15) is 9.59 Å². The molecule has 0 heterocycles. The maximum Gasteiger partial charge on any atom is 0.253 e. The molecule has 134 valence electrons. The van der Waals surface area contributed by atoms with E-state index in [-0.39, 0.29) is 35.1 Å². The first kappa shape index (κ1) is 21.0. The van der Waals surface area contributed by atoms with Crippen LogP contribution in [-0.4, -0.2) is 18.2 Å². The Hall–Kier alpha value is -1.06. The Kier molecular flexibility index (Phi) is 7.75. The molecule has 1 aromatic rings. The largest absolute Gasteiger partial charge is 0.345 e. The van der Waals surface area contributed by atoms with Crippen LogP contribution in [0.1, 0.15) is 57.8 Å². The van der Waals surface area contributed by atoms with Crippen molar-refractivity contribution < 1.29 is 9.59 Å². The summed E-state index contributed by atoms with van der Waals surface area (Å²) in [4.78, 5) is 24.5. The van der Waals surface area contributed by atoms with Crippen LogP contribution in [0.25, 0.3) is 0 Å².